The molecule has 0 saturated carbocycles. The molecule has 2 rings (SSSR count). The Morgan fingerprint density at radius 2 is 1.84 bits per heavy atom. The minimum atomic E-state index is -1.06. The van der Waals surface area contributed by atoms with Gasteiger partial charge >= 0.3 is 5.97 Å². The Bertz CT molecular complexity index is 626. The molecule has 0 aliphatic rings. The first-order valence-electron chi connectivity index (χ1n) is 5.28. The maximum atomic E-state index is 13.1. The van der Waals surface area contributed by atoms with Crippen LogP contribution in [0.4, 0.5) is 4.39 Å². The van der Waals surface area contributed by atoms with Gasteiger partial charge in [0.15, 0.2) is 0 Å². The van der Waals surface area contributed by atoms with Crippen molar-refractivity contribution in [3.05, 3.63) is 52.0 Å². The van der Waals surface area contributed by atoms with E-state index in [1.54, 1.807) is 18.2 Å². The zero-order valence-corrected chi connectivity index (χ0v) is 11.0. The number of carbonyl (C=O) groups is 1. The van der Waals surface area contributed by atoms with Gasteiger partial charge in [0.05, 0.1) is 6.42 Å². The average molecular weight is 300 g/mol. The first-order chi connectivity index (χ1) is 8.95. The summed E-state index contributed by atoms with van der Waals surface area (Å²) >= 11 is 11.8. The van der Waals surface area contributed by atoms with Crippen LogP contribution in [-0.2, 0) is 11.2 Å². The molecule has 0 bridgehead atoms. The van der Waals surface area contributed by atoms with Crippen LogP contribution in [0, 0.1) is 5.95 Å². The molecule has 0 spiro atoms. The van der Waals surface area contributed by atoms with Gasteiger partial charge in [-0.05, 0) is 35.4 Å². The van der Waals surface area contributed by atoms with Gasteiger partial charge < -0.3 is 5.11 Å². The van der Waals surface area contributed by atoms with Crippen molar-refractivity contribution < 1.29 is 14.3 Å². The van der Waals surface area contributed by atoms with Gasteiger partial charge in [-0.1, -0.05) is 23.2 Å². The van der Waals surface area contributed by atoms with E-state index in [1.165, 1.54) is 6.20 Å². The SMILES string of the molecule is O=C(O)Cc1cc(F)ncc1-c1cc(Cl)cc(Cl)c1. The van der Waals surface area contributed by atoms with E-state index in [0.717, 1.165) is 6.07 Å². The van der Waals surface area contributed by atoms with Gasteiger partial charge in [0.25, 0.3) is 0 Å². The van der Waals surface area contributed by atoms with E-state index in [4.69, 9.17) is 28.3 Å². The fourth-order valence-electron chi connectivity index (χ4n) is 1.75. The molecular formula is C13H8Cl2FNO2. The van der Waals surface area contributed by atoms with Crippen molar-refractivity contribution in [2.24, 2.45) is 0 Å². The van der Waals surface area contributed by atoms with Crippen LogP contribution in [0.2, 0.25) is 10.0 Å². The summed E-state index contributed by atoms with van der Waals surface area (Å²) < 4.78 is 13.1. The molecule has 0 fully saturated rings. The summed E-state index contributed by atoms with van der Waals surface area (Å²) in [6, 6.07) is 5.89. The van der Waals surface area contributed by atoms with E-state index >= 15 is 0 Å². The molecule has 0 unspecified atom stereocenters. The molecule has 98 valence electrons. The van der Waals surface area contributed by atoms with Crippen LogP contribution >= 0.6 is 23.2 Å². The average Bonchev–Trinajstić information content (AvgIpc) is 2.26. The smallest absolute Gasteiger partial charge is 0.307 e. The van der Waals surface area contributed by atoms with Gasteiger partial charge in [0, 0.05) is 21.8 Å². The monoisotopic (exact) mass is 299 g/mol. The first kappa shape index (κ1) is 13.8. The number of aliphatic carboxylic acids is 1. The molecule has 1 aromatic heterocycles. The number of carboxylic acid groups (broad SMARTS) is 1. The highest BCUT2D eigenvalue weighted by molar-refractivity contribution is 6.35. The summed E-state index contributed by atoms with van der Waals surface area (Å²) in [4.78, 5) is 14.3. The lowest BCUT2D eigenvalue weighted by molar-refractivity contribution is -0.136. The first-order valence-corrected chi connectivity index (χ1v) is 6.04. The van der Waals surface area contributed by atoms with E-state index < -0.39 is 11.9 Å². The number of nitrogens with zero attached hydrogens (tertiary/aromatic N) is 1. The molecular weight excluding hydrogens is 292 g/mol. The van der Waals surface area contributed by atoms with E-state index in [9.17, 15) is 9.18 Å². The standard InChI is InChI=1S/C13H8Cl2FNO2/c14-9-1-7(2-10(15)5-9)11-6-17-12(16)3-8(11)4-13(18)19/h1-3,5-6H,4H2,(H,18,19). The Morgan fingerprint density at radius 3 is 2.42 bits per heavy atom. The zero-order valence-electron chi connectivity index (χ0n) is 9.53. The van der Waals surface area contributed by atoms with Crippen molar-refractivity contribution >= 4 is 29.2 Å². The number of aromatic nitrogens is 1. The summed E-state index contributed by atoms with van der Waals surface area (Å²) in [5.41, 5.74) is 1.41. The van der Waals surface area contributed by atoms with Gasteiger partial charge in [-0.25, -0.2) is 4.98 Å². The zero-order chi connectivity index (χ0) is 14.0. The third kappa shape index (κ3) is 3.43. The van der Waals surface area contributed by atoms with Crippen LogP contribution in [-0.4, -0.2) is 16.1 Å². The molecule has 2 aromatic rings. The maximum Gasteiger partial charge on any atom is 0.307 e. The third-order valence-corrected chi connectivity index (χ3v) is 2.91. The van der Waals surface area contributed by atoms with Crippen molar-refractivity contribution in [3.63, 3.8) is 0 Å². The van der Waals surface area contributed by atoms with Crippen molar-refractivity contribution in [2.45, 2.75) is 6.42 Å². The van der Waals surface area contributed by atoms with Gasteiger partial charge in [-0.2, -0.15) is 4.39 Å². The summed E-state index contributed by atoms with van der Waals surface area (Å²) in [5, 5.41) is 9.66. The number of hydrogen-bond acceptors (Lipinski definition) is 2. The van der Waals surface area contributed by atoms with Gasteiger partial charge in [-0.15, -0.1) is 0 Å². The van der Waals surface area contributed by atoms with E-state index in [2.05, 4.69) is 4.98 Å². The van der Waals surface area contributed by atoms with Crippen LogP contribution in [0.3, 0.4) is 0 Å². The number of hydrogen-bond donors (Lipinski definition) is 1. The minimum Gasteiger partial charge on any atom is -0.481 e. The molecule has 1 heterocycles. The molecule has 6 heteroatoms. The fourth-order valence-corrected chi connectivity index (χ4v) is 2.27. The fraction of sp³-hybridized carbons (Fsp3) is 0.0769. The number of halogens is 3. The quantitative estimate of drug-likeness (QED) is 0.877. The topological polar surface area (TPSA) is 50.2 Å². The predicted octanol–water partition coefficient (Wildman–Crippen LogP) is 3.82. The van der Waals surface area contributed by atoms with Crippen LogP contribution in [0.25, 0.3) is 11.1 Å². The van der Waals surface area contributed by atoms with E-state index in [-0.39, 0.29) is 6.42 Å². The molecule has 0 radical (unpaired) electrons. The molecule has 0 atom stereocenters. The lowest BCUT2D eigenvalue weighted by Gasteiger charge is -2.08. The molecule has 0 aliphatic carbocycles. The summed E-state index contributed by atoms with van der Waals surface area (Å²) in [7, 11) is 0. The number of benzene rings is 1. The van der Waals surface area contributed by atoms with Crippen LogP contribution < -0.4 is 0 Å². The Morgan fingerprint density at radius 1 is 1.21 bits per heavy atom. The van der Waals surface area contributed by atoms with Crippen molar-refractivity contribution in [3.8, 4) is 11.1 Å². The summed E-state index contributed by atoms with van der Waals surface area (Å²) in [5.74, 6) is -1.78. The van der Waals surface area contributed by atoms with Crippen molar-refractivity contribution in [1.29, 1.82) is 0 Å². The largest absolute Gasteiger partial charge is 0.481 e. The highest BCUT2D eigenvalue weighted by Gasteiger charge is 2.12. The normalized spacial score (nSPS) is 10.5. The van der Waals surface area contributed by atoms with Crippen LogP contribution in [0.15, 0.2) is 30.5 Å². The Labute approximate surface area is 118 Å². The summed E-state index contributed by atoms with van der Waals surface area (Å²) in [6.45, 7) is 0. The highest BCUT2D eigenvalue weighted by atomic mass is 35.5. The molecule has 0 saturated heterocycles. The predicted molar refractivity (Wildman–Crippen MR) is 71.0 cm³/mol. The molecule has 3 nitrogen and oxygen atoms in total. The number of pyridine rings is 1. The number of rotatable bonds is 3. The molecule has 1 aromatic carbocycles. The van der Waals surface area contributed by atoms with Crippen LogP contribution in [0.1, 0.15) is 5.56 Å². The molecule has 19 heavy (non-hydrogen) atoms. The van der Waals surface area contributed by atoms with Crippen molar-refractivity contribution in [1.82, 2.24) is 4.98 Å². The minimum absolute atomic E-state index is 0.307. The second kappa shape index (κ2) is 5.55. The van der Waals surface area contributed by atoms with E-state index in [1.807, 2.05) is 0 Å². The highest BCUT2D eigenvalue weighted by Crippen LogP contribution is 2.29. The van der Waals surface area contributed by atoms with Crippen molar-refractivity contribution in [2.75, 3.05) is 0 Å². The third-order valence-electron chi connectivity index (χ3n) is 2.47. The molecule has 0 aliphatic heterocycles. The Balaban J connectivity index is 2.57. The van der Waals surface area contributed by atoms with Gasteiger partial charge in [0.1, 0.15) is 0 Å². The van der Waals surface area contributed by atoms with Gasteiger partial charge in [-0.3, -0.25) is 4.79 Å². The number of carboxylic acids is 1. The Hall–Kier alpha value is -1.65. The maximum absolute atomic E-state index is 13.1. The molecule has 1 N–H and O–H groups in total. The summed E-state index contributed by atoms with van der Waals surface area (Å²) in [6.07, 6.45) is 0.967. The van der Waals surface area contributed by atoms with Gasteiger partial charge in [0.2, 0.25) is 5.95 Å². The van der Waals surface area contributed by atoms with E-state index in [0.29, 0.717) is 26.7 Å². The van der Waals surface area contributed by atoms with Crippen LogP contribution in [0.5, 0.6) is 0 Å². The lowest BCUT2D eigenvalue weighted by atomic mass is 10.00. The second-order valence-corrected chi connectivity index (χ2v) is 4.77. The lowest BCUT2D eigenvalue weighted by Crippen LogP contribution is -2.03. The Kier molecular flexibility index (Phi) is 4.02. The molecule has 0 amide bonds. The second-order valence-electron chi connectivity index (χ2n) is 3.89.